The molecule has 1 atom stereocenters. The van der Waals surface area contributed by atoms with E-state index in [4.69, 9.17) is 0 Å². The van der Waals surface area contributed by atoms with Crippen LogP contribution >= 0.6 is 27.7 Å². The van der Waals surface area contributed by atoms with Gasteiger partial charge in [-0.1, -0.05) is 27.7 Å². The van der Waals surface area contributed by atoms with E-state index in [0.29, 0.717) is 23.9 Å². The Labute approximate surface area is 142 Å². The fourth-order valence-corrected chi connectivity index (χ4v) is 3.55. The third-order valence-electron chi connectivity index (χ3n) is 3.15. The van der Waals surface area contributed by atoms with Crippen LogP contribution in [0, 0.1) is 0 Å². The Kier molecular flexibility index (Phi) is 6.02. The molecule has 1 heterocycles. The number of anilines is 1. The van der Waals surface area contributed by atoms with Crippen molar-refractivity contribution in [1.82, 2.24) is 4.90 Å². The summed E-state index contributed by atoms with van der Waals surface area (Å²) in [5, 5.41) is 3.04. The lowest BCUT2D eigenvalue weighted by Crippen LogP contribution is -2.45. The lowest BCUT2D eigenvalue weighted by Gasteiger charge is -2.30. The minimum absolute atomic E-state index is 0.0515. The molecule has 1 N–H and O–H groups in total. The van der Waals surface area contributed by atoms with Crippen LogP contribution in [0.4, 0.5) is 5.69 Å². The number of benzene rings is 1. The first-order chi connectivity index (χ1) is 10.5. The summed E-state index contributed by atoms with van der Waals surface area (Å²) in [7, 11) is 0. The van der Waals surface area contributed by atoms with E-state index in [0.717, 1.165) is 4.47 Å². The molecule has 1 aliphatic heterocycles. The molecule has 1 saturated heterocycles. The summed E-state index contributed by atoms with van der Waals surface area (Å²) >= 11 is 4.71. The number of halogens is 1. The zero-order chi connectivity index (χ0) is 16.1. The predicted molar refractivity (Wildman–Crippen MR) is 94.1 cm³/mol. The largest absolute Gasteiger partial charge is 0.325 e. The highest BCUT2D eigenvalue weighted by Gasteiger charge is 2.34. The first kappa shape index (κ1) is 17.0. The molecule has 1 aromatic carbocycles. The number of hydrogen-bond acceptors (Lipinski definition) is 4. The summed E-state index contributed by atoms with van der Waals surface area (Å²) in [6.07, 6.45) is 0.198. The van der Waals surface area contributed by atoms with Crippen molar-refractivity contribution in [3.05, 3.63) is 28.7 Å². The van der Waals surface area contributed by atoms with E-state index >= 15 is 0 Å². The number of nitrogens with one attached hydrogen (secondary N) is 1. The van der Waals surface area contributed by atoms with Crippen molar-refractivity contribution in [2.45, 2.75) is 25.5 Å². The van der Waals surface area contributed by atoms with E-state index in [1.807, 2.05) is 38.1 Å². The summed E-state index contributed by atoms with van der Waals surface area (Å²) < 4.78 is 0.948. The molecule has 0 saturated carbocycles. The quantitative estimate of drug-likeness (QED) is 0.868. The van der Waals surface area contributed by atoms with Gasteiger partial charge in [-0.2, -0.15) is 0 Å². The molecule has 0 unspecified atom stereocenters. The third kappa shape index (κ3) is 4.10. The van der Waals surface area contributed by atoms with Crippen LogP contribution in [0.2, 0.25) is 0 Å². The minimum atomic E-state index is -0.441. The number of rotatable bonds is 4. The molecule has 2 rings (SSSR count). The Balaban J connectivity index is 2.08. The molecule has 0 aliphatic carbocycles. The number of thioether (sulfide) groups is 1. The van der Waals surface area contributed by atoms with Gasteiger partial charge < -0.3 is 5.32 Å². The number of nitrogens with zero attached hydrogens (tertiary/aromatic N) is 2. The molecule has 1 aliphatic rings. The van der Waals surface area contributed by atoms with Gasteiger partial charge in [0.2, 0.25) is 11.8 Å². The second-order valence-electron chi connectivity index (χ2n) is 4.70. The van der Waals surface area contributed by atoms with Crippen LogP contribution in [-0.2, 0) is 9.59 Å². The summed E-state index contributed by atoms with van der Waals surface area (Å²) in [5.41, 5.74) is 0.716. The molecular formula is C15H18BrN3O2S. The lowest BCUT2D eigenvalue weighted by atomic mass is 10.2. The van der Waals surface area contributed by atoms with Gasteiger partial charge >= 0.3 is 0 Å². The molecule has 1 fully saturated rings. The standard InChI is InChI=1S/C15H18BrN3O2S/c1-3-17-15-19(4-2)13(20)9-12(22-15)14(21)18-11-7-5-10(16)6-8-11/h5-8,12H,3-4,9H2,1-2H3,(H,18,21)/t12-/m1/s1. The highest BCUT2D eigenvalue weighted by Crippen LogP contribution is 2.27. The molecule has 0 aromatic heterocycles. The van der Waals surface area contributed by atoms with Gasteiger partial charge in [-0.15, -0.1) is 0 Å². The van der Waals surface area contributed by atoms with Crippen molar-refractivity contribution in [2.24, 2.45) is 4.99 Å². The van der Waals surface area contributed by atoms with Gasteiger partial charge in [0.1, 0.15) is 5.25 Å². The van der Waals surface area contributed by atoms with E-state index < -0.39 is 5.25 Å². The average Bonchev–Trinajstić information content (AvgIpc) is 2.49. The van der Waals surface area contributed by atoms with E-state index in [2.05, 4.69) is 26.2 Å². The fraction of sp³-hybridized carbons (Fsp3) is 0.400. The predicted octanol–water partition coefficient (Wildman–Crippen LogP) is 3.12. The van der Waals surface area contributed by atoms with Crippen molar-refractivity contribution < 1.29 is 9.59 Å². The first-order valence-electron chi connectivity index (χ1n) is 7.13. The van der Waals surface area contributed by atoms with Crippen LogP contribution < -0.4 is 5.32 Å². The van der Waals surface area contributed by atoms with E-state index in [1.54, 1.807) is 4.90 Å². The second kappa shape index (κ2) is 7.78. The van der Waals surface area contributed by atoms with Crippen LogP contribution in [0.15, 0.2) is 33.7 Å². The minimum Gasteiger partial charge on any atom is -0.325 e. The van der Waals surface area contributed by atoms with Crippen LogP contribution in [0.25, 0.3) is 0 Å². The molecule has 0 radical (unpaired) electrons. The van der Waals surface area contributed by atoms with Crippen LogP contribution in [0.1, 0.15) is 20.3 Å². The van der Waals surface area contributed by atoms with Gasteiger partial charge in [-0.25, -0.2) is 0 Å². The lowest BCUT2D eigenvalue weighted by molar-refractivity contribution is -0.129. The highest BCUT2D eigenvalue weighted by atomic mass is 79.9. The van der Waals surface area contributed by atoms with Crippen LogP contribution in [0.3, 0.4) is 0 Å². The zero-order valence-corrected chi connectivity index (χ0v) is 14.9. The number of hydrogen-bond donors (Lipinski definition) is 1. The number of amides is 2. The molecule has 7 heteroatoms. The first-order valence-corrected chi connectivity index (χ1v) is 8.80. The van der Waals surface area contributed by atoms with Crippen LogP contribution in [-0.4, -0.2) is 40.2 Å². The van der Waals surface area contributed by atoms with Crippen molar-refractivity contribution in [2.75, 3.05) is 18.4 Å². The fourth-order valence-electron chi connectivity index (χ4n) is 2.08. The Bertz CT molecular complexity index is 589. The van der Waals surface area contributed by atoms with Gasteiger partial charge in [-0.05, 0) is 38.1 Å². The van der Waals surface area contributed by atoms with E-state index in [-0.39, 0.29) is 18.2 Å². The molecule has 0 spiro atoms. The maximum absolute atomic E-state index is 12.4. The van der Waals surface area contributed by atoms with Crippen molar-refractivity contribution in [1.29, 1.82) is 0 Å². The average molecular weight is 384 g/mol. The van der Waals surface area contributed by atoms with Crippen molar-refractivity contribution in [3.63, 3.8) is 0 Å². The molecule has 1 aromatic rings. The maximum atomic E-state index is 12.4. The SMILES string of the molecule is CCN=C1S[C@@H](C(=O)Nc2ccc(Br)cc2)CC(=O)N1CC. The van der Waals surface area contributed by atoms with Gasteiger partial charge in [0, 0.05) is 29.7 Å². The number of carbonyl (C=O) groups excluding carboxylic acids is 2. The summed E-state index contributed by atoms with van der Waals surface area (Å²) in [6, 6.07) is 7.35. The number of amidine groups is 1. The molecular weight excluding hydrogens is 366 g/mol. The summed E-state index contributed by atoms with van der Waals surface area (Å²) in [5.74, 6) is -0.218. The second-order valence-corrected chi connectivity index (χ2v) is 6.79. The van der Waals surface area contributed by atoms with Crippen molar-refractivity contribution in [3.8, 4) is 0 Å². The summed E-state index contributed by atoms with van der Waals surface area (Å²) in [4.78, 5) is 30.5. The maximum Gasteiger partial charge on any atom is 0.238 e. The molecule has 5 nitrogen and oxygen atoms in total. The van der Waals surface area contributed by atoms with Gasteiger partial charge in [0.05, 0.1) is 0 Å². The van der Waals surface area contributed by atoms with E-state index in [9.17, 15) is 9.59 Å². The molecule has 118 valence electrons. The number of carbonyl (C=O) groups is 2. The normalized spacial score (nSPS) is 20.3. The third-order valence-corrected chi connectivity index (χ3v) is 4.91. The number of aliphatic imine (C=N–C) groups is 1. The zero-order valence-electron chi connectivity index (χ0n) is 12.5. The Morgan fingerprint density at radius 3 is 2.68 bits per heavy atom. The van der Waals surface area contributed by atoms with Crippen molar-refractivity contribution >= 4 is 50.4 Å². The topological polar surface area (TPSA) is 61.8 Å². The molecule has 2 amide bonds. The van der Waals surface area contributed by atoms with Gasteiger partial charge in [0.25, 0.3) is 0 Å². The summed E-state index contributed by atoms with van der Waals surface area (Å²) in [6.45, 7) is 4.99. The van der Waals surface area contributed by atoms with Gasteiger partial charge in [0.15, 0.2) is 5.17 Å². The Morgan fingerprint density at radius 1 is 1.41 bits per heavy atom. The smallest absolute Gasteiger partial charge is 0.238 e. The van der Waals surface area contributed by atoms with Gasteiger partial charge in [-0.3, -0.25) is 19.5 Å². The highest BCUT2D eigenvalue weighted by molar-refractivity contribution is 9.10. The molecule has 0 bridgehead atoms. The Morgan fingerprint density at radius 2 is 2.09 bits per heavy atom. The van der Waals surface area contributed by atoms with Crippen LogP contribution in [0.5, 0.6) is 0 Å². The van der Waals surface area contributed by atoms with E-state index in [1.165, 1.54) is 11.8 Å². The monoisotopic (exact) mass is 383 g/mol. The Hall–Kier alpha value is -1.34. The molecule has 22 heavy (non-hydrogen) atoms.